The minimum Gasteiger partial charge on any atom is -0.392 e. The highest BCUT2D eigenvalue weighted by atomic mass is 16.3. The fourth-order valence-corrected chi connectivity index (χ4v) is 2.64. The molecule has 1 aliphatic rings. The molecule has 3 heteroatoms. The van der Waals surface area contributed by atoms with E-state index in [0.29, 0.717) is 5.92 Å². The molecule has 2 heterocycles. The quantitative estimate of drug-likeness (QED) is 0.928. The number of anilines is 1. The number of pyridine rings is 1. The molecular weight excluding hydrogens is 248 g/mol. The molecule has 0 amide bonds. The van der Waals surface area contributed by atoms with Crippen LogP contribution >= 0.6 is 0 Å². The summed E-state index contributed by atoms with van der Waals surface area (Å²) in [5.74, 6) is 1.33. The second kappa shape index (κ2) is 5.25. The van der Waals surface area contributed by atoms with E-state index >= 15 is 0 Å². The number of fused-ring (bicyclic) bond motifs is 1. The Morgan fingerprint density at radius 2 is 1.80 bits per heavy atom. The zero-order chi connectivity index (χ0) is 14.1. The van der Waals surface area contributed by atoms with Crippen LogP contribution in [0.2, 0.25) is 0 Å². The maximum absolute atomic E-state index is 9.44. The maximum Gasteiger partial charge on any atom is 0.129 e. The van der Waals surface area contributed by atoms with Crippen molar-refractivity contribution in [3.05, 3.63) is 58.8 Å². The highest BCUT2D eigenvalue weighted by molar-refractivity contribution is 5.49. The van der Waals surface area contributed by atoms with Crippen molar-refractivity contribution in [2.75, 3.05) is 4.90 Å². The molecule has 0 spiro atoms. The lowest BCUT2D eigenvalue weighted by molar-refractivity contribution is 0.281. The summed E-state index contributed by atoms with van der Waals surface area (Å²) in [5.41, 5.74) is 4.72. The zero-order valence-electron chi connectivity index (χ0n) is 12.0. The zero-order valence-corrected chi connectivity index (χ0v) is 12.0. The van der Waals surface area contributed by atoms with Crippen LogP contribution in [0.3, 0.4) is 0 Å². The van der Waals surface area contributed by atoms with Crippen LogP contribution < -0.4 is 4.90 Å². The third kappa shape index (κ3) is 2.41. The Hall–Kier alpha value is -1.87. The van der Waals surface area contributed by atoms with E-state index in [9.17, 15) is 5.11 Å². The van der Waals surface area contributed by atoms with Crippen LogP contribution in [-0.2, 0) is 19.7 Å². The maximum atomic E-state index is 9.44. The Morgan fingerprint density at radius 1 is 1.15 bits per heavy atom. The first-order chi connectivity index (χ1) is 9.67. The number of hydrogen-bond acceptors (Lipinski definition) is 3. The van der Waals surface area contributed by atoms with Gasteiger partial charge in [0.2, 0.25) is 0 Å². The molecule has 1 aromatic heterocycles. The predicted octanol–water partition coefficient (Wildman–Crippen LogP) is 3.22. The van der Waals surface area contributed by atoms with Crippen LogP contribution in [0, 0.1) is 0 Å². The molecule has 0 aliphatic carbocycles. The van der Waals surface area contributed by atoms with Gasteiger partial charge in [-0.1, -0.05) is 38.1 Å². The van der Waals surface area contributed by atoms with E-state index in [2.05, 4.69) is 43.0 Å². The van der Waals surface area contributed by atoms with Crippen molar-refractivity contribution in [2.24, 2.45) is 0 Å². The molecule has 0 radical (unpaired) electrons. The minimum absolute atomic E-state index is 0.0655. The SMILES string of the molecule is CC(C)c1cc(CO)cc(N2Cc3ccccc3C2)n1. The van der Waals surface area contributed by atoms with Crippen molar-refractivity contribution in [2.45, 2.75) is 39.5 Å². The Kier molecular flexibility index (Phi) is 3.45. The molecule has 104 valence electrons. The molecule has 0 saturated heterocycles. The van der Waals surface area contributed by atoms with E-state index in [1.807, 2.05) is 12.1 Å². The molecule has 0 saturated carbocycles. The molecule has 3 rings (SSSR count). The van der Waals surface area contributed by atoms with Gasteiger partial charge in [-0.2, -0.15) is 0 Å². The van der Waals surface area contributed by atoms with Gasteiger partial charge in [0.05, 0.1) is 6.61 Å². The van der Waals surface area contributed by atoms with E-state index < -0.39 is 0 Å². The number of nitrogens with zero attached hydrogens (tertiary/aromatic N) is 2. The fourth-order valence-electron chi connectivity index (χ4n) is 2.64. The molecule has 2 aromatic rings. The molecule has 1 aromatic carbocycles. The van der Waals surface area contributed by atoms with Gasteiger partial charge in [-0.3, -0.25) is 0 Å². The van der Waals surface area contributed by atoms with Crippen molar-refractivity contribution in [1.29, 1.82) is 0 Å². The first kappa shape index (κ1) is 13.1. The summed E-state index contributed by atoms with van der Waals surface area (Å²) >= 11 is 0. The van der Waals surface area contributed by atoms with Gasteiger partial charge in [-0.15, -0.1) is 0 Å². The van der Waals surface area contributed by atoms with Crippen LogP contribution in [0.5, 0.6) is 0 Å². The Labute approximate surface area is 119 Å². The van der Waals surface area contributed by atoms with Crippen molar-refractivity contribution in [3.63, 3.8) is 0 Å². The number of aliphatic hydroxyl groups is 1. The number of hydrogen-bond donors (Lipinski definition) is 1. The Morgan fingerprint density at radius 3 is 2.35 bits per heavy atom. The Bertz CT molecular complexity index is 597. The van der Waals surface area contributed by atoms with E-state index in [1.54, 1.807) is 0 Å². The van der Waals surface area contributed by atoms with Crippen LogP contribution in [0.1, 0.15) is 42.1 Å². The van der Waals surface area contributed by atoms with Crippen molar-refractivity contribution >= 4 is 5.82 Å². The van der Waals surface area contributed by atoms with Gasteiger partial charge in [-0.25, -0.2) is 4.98 Å². The van der Waals surface area contributed by atoms with Crippen LogP contribution in [0.15, 0.2) is 36.4 Å². The number of aliphatic hydroxyl groups excluding tert-OH is 1. The predicted molar refractivity (Wildman–Crippen MR) is 80.6 cm³/mol. The van der Waals surface area contributed by atoms with Crippen molar-refractivity contribution in [1.82, 2.24) is 4.98 Å². The van der Waals surface area contributed by atoms with Gasteiger partial charge < -0.3 is 10.0 Å². The van der Waals surface area contributed by atoms with Crippen molar-refractivity contribution in [3.8, 4) is 0 Å². The van der Waals surface area contributed by atoms with Crippen LogP contribution in [0.4, 0.5) is 5.82 Å². The average Bonchev–Trinajstić information content (AvgIpc) is 2.90. The van der Waals surface area contributed by atoms with Gasteiger partial charge in [0.1, 0.15) is 5.82 Å². The molecule has 0 atom stereocenters. The van der Waals surface area contributed by atoms with E-state index in [-0.39, 0.29) is 6.61 Å². The monoisotopic (exact) mass is 268 g/mol. The number of aromatic nitrogens is 1. The van der Waals surface area contributed by atoms with Gasteiger partial charge in [-0.05, 0) is 34.7 Å². The van der Waals surface area contributed by atoms with Crippen LogP contribution in [0.25, 0.3) is 0 Å². The summed E-state index contributed by atoms with van der Waals surface area (Å²) in [5, 5.41) is 9.44. The highest BCUT2D eigenvalue weighted by Crippen LogP contribution is 2.28. The molecule has 3 nitrogen and oxygen atoms in total. The normalized spacial score (nSPS) is 13.9. The lowest BCUT2D eigenvalue weighted by atomic mass is 10.1. The smallest absolute Gasteiger partial charge is 0.129 e. The van der Waals surface area contributed by atoms with Gasteiger partial charge in [0.15, 0.2) is 0 Å². The number of benzene rings is 1. The first-order valence-corrected chi connectivity index (χ1v) is 7.11. The van der Waals surface area contributed by atoms with Gasteiger partial charge in [0, 0.05) is 18.8 Å². The first-order valence-electron chi connectivity index (χ1n) is 7.11. The van der Waals surface area contributed by atoms with E-state index in [0.717, 1.165) is 30.2 Å². The largest absolute Gasteiger partial charge is 0.392 e. The highest BCUT2D eigenvalue weighted by Gasteiger charge is 2.20. The third-order valence-electron chi connectivity index (χ3n) is 3.83. The molecular formula is C17H20N2O. The Balaban J connectivity index is 1.94. The molecule has 1 aliphatic heterocycles. The standard InChI is InChI=1S/C17H20N2O/c1-12(2)16-7-13(11-20)8-17(18-16)19-9-14-5-3-4-6-15(14)10-19/h3-8,12,20H,9-11H2,1-2H3. The lowest BCUT2D eigenvalue weighted by Crippen LogP contribution is -2.17. The van der Waals surface area contributed by atoms with Crippen molar-refractivity contribution < 1.29 is 5.11 Å². The fraction of sp³-hybridized carbons (Fsp3) is 0.353. The van der Waals surface area contributed by atoms with Crippen LogP contribution in [-0.4, -0.2) is 10.1 Å². The summed E-state index contributed by atoms with van der Waals surface area (Å²) in [6.45, 7) is 6.12. The average molecular weight is 268 g/mol. The second-order valence-electron chi connectivity index (χ2n) is 5.70. The summed E-state index contributed by atoms with van der Waals surface area (Å²) < 4.78 is 0. The summed E-state index contributed by atoms with van der Waals surface area (Å²) in [6, 6.07) is 12.5. The van der Waals surface area contributed by atoms with E-state index in [1.165, 1.54) is 11.1 Å². The lowest BCUT2D eigenvalue weighted by Gasteiger charge is -2.19. The summed E-state index contributed by atoms with van der Waals surface area (Å²) in [6.07, 6.45) is 0. The second-order valence-corrected chi connectivity index (χ2v) is 5.70. The third-order valence-corrected chi connectivity index (χ3v) is 3.83. The minimum atomic E-state index is 0.0655. The molecule has 1 N–H and O–H groups in total. The molecule has 20 heavy (non-hydrogen) atoms. The number of rotatable bonds is 3. The molecule has 0 bridgehead atoms. The van der Waals surface area contributed by atoms with Gasteiger partial charge >= 0.3 is 0 Å². The van der Waals surface area contributed by atoms with Gasteiger partial charge in [0.25, 0.3) is 0 Å². The molecule has 0 fully saturated rings. The van der Waals surface area contributed by atoms with E-state index in [4.69, 9.17) is 4.98 Å². The topological polar surface area (TPSA) is 36.4 Å². The summed E-state index contributed by atoms with van der Waals surface area (Å²) in [7, 11) is 0. The summed E-state index contributed by atoms with van der Waals surface area (Å²) in [4.78, 5) is 7.03. The molecule has 0 unspecified atom stereocenters.